The van der Waals surface area contributed by atoms with E-state index in [4.69, 9.17) is 15.6 Å². The van der Waals surface area contributed by atoms with Gasteiger partial charge in [0, 0.05) is 19.3 Å². The summed E-state index contributed by atoms with van der Waals surface area (Å²) in [4.78, 5) is 28.5. The number of hydrogen-bond acceptors (Lipinski definition) is 5. The molecular weight excluding hydrogens is 238 g/mol. The Labute approximate surface area is 103 Å². The summed E-state index contributed by atoms with van der Waals surface area (Å²) in [5.41, 5.74) is 5.49. The molecule has 3 N–H and O–H groups in total. The minimum atomic E-state index is -0.711. The number of nitrogens with zero attached hydrogens (tertiary/aromatic N) is 2. The molecule has 2 rings (SSSR count). The van der Waals surface area contributed by atoms with Crippen LogP contribution in [0.2, 0.25) is 0 Å². The second-order valence-corrected chi connectivity index (χ2v) is 4.01. The van der Waals surface area contributed by atoms with Crippen molar-refractivity contribution in [1.29, 1.82) is 0 Å². The van der Waals surface area contributed by atoms with Crippen LogP contribution in [0.25, 0.3) is 0 Å². The zero-order valence-electron chi connectivity index (χ0n) is 9.79. The van der Waals surface area contributed by atoms with Crippen LogP contribution in [-0.4, -0.2) is 53.1 Å². The Morgan fingerprint density at radius 3 is 2.72 bits per heavy atom. The van der Waals surface area contributed by atoms with E-state index >= 15 is 0 Å². The van der Waals surface area contributed by atoms with Crippen molar-refractivity contribution < 1.29 is 19.4 Å². The lowest BCUT2D eigenvalue weighted by Crippen LogP contribution is -2.53. The summed E-state index contributed by atoms with van der Waals surface area (Å²) in [6.45, 7) is 0.577. The van der Waals surface area contributed by atoms with E-state index in [0.29, 0.717) is 0 Å². The van der Waals surface area contributed by atoms with Crippen molar-refractivity contribution in [1.82, 2.24) is 9.88 Å². The maximum absolute atomic E-state index is 11.9. The molecular formula is C11H13N3O4. The molecule has 7 nitrogen and oxygen atoms in total. The number of nitrogens with two attached hydrogens (primary N) is 1. The van der Waals surface area contributed by atoms with Crippen LogP contribution >= 0.6 is 0 Å². The number of β-amino-alcohol motifs (C(OH)–C–C–N with tert-alkyl or cyclic N) is 1. The van der Waals surface area contributed by atoms with Crippen LogP contribution in [0.1, 0.15) is 20.7 Å². The van der Waals surface area contributed by atoms with Crippen LogP contribution in [0, 0.1) is 0 Å². The molecule has 1 aliphatic rings. The van der Waals surface area contributed by atoms with Gasteiger partial charge in [0.2, 0.25) is 5.88 Å². The van der Waals surface area contributed by atoms with E-state index in [1.807, 2.05) is 0 Å². The van der Waals surface area contributed by atoms with Gasteiger partial charge < -0.3 is 20.5 Å². The van der Waals surface area contributed by atoms with Gasteiger partial charge in [-0.25, -0.2) is 4.98 Å². The van der Waals surface area contributed by atoms with Crippen LogP contribution in [0.3, 0.4) is 0 Å². The Balaban J connectivity index is 2.26. The fourth-order valence-electron chi connectivity index (χ4n) is 1.71. The largest absolute Gasteiger partial charge is 0.480 e. The first-order chi connectivity index (χ1) is 8.52. The molecule has 0 saturated carbocycles. The van der Waals surface area contributed by atoms with Gasteiger partial charge in [0.1, 0.15) is 5.56 Å². The fraction of sp³-hybridized carbons (Fsp3) is 0.364. The normalized spacial score (nSPS) is 15.1. The number of likely N-dealkylation sites (tertiary alicyclic amines) is 1. The van der Waals surface area contributed by atoms with Gasteiger partial charge in [-0.1, -0.05) is 0 Å². The Bertz CT molecular complexity index is 497. The highest BCUT2D eigenvalue weighted by Gasteiger charge is 2.30. The molecule has 96 valence electrons. The first kappa shape index (κ1) is 12.3. The van der Waals surface area contributed by atoms with E-state index in [1.54, 1.807) is 0 Å². The number of aromatic nitrogens is 1. The molecule has 0 aliphatic carbocycles. The molecule has 2 heterocycles. The van der Waals surface area contributed by atoms with Crippen molar-refractivity contribution >= 4 is 11.8 Å². The van der Waals surface area contributed by atoms with E-state index in [0.717, 1.165) is 0 Å². The highest BCUT2D eigenvalue weighted by molar-refractivity contribution is 6.00. The number of methoxy groups -OCH3 is 1. The smallest absolute Gasteiger partial charge is 0.255 e. The fourth-order valence-corrected chi connectivity index (χ4v) is 1.71. The van der Waals surface area contributed by atoms with Crippen molar-refractivity contribution in [2.75, 3.05) is 20.2 Å². The lowest BCUT2D eigenvalue weighted by atomic mass is 10.1. The highest BCUT2D eigenvalue weighted by Crippen LogP contribution is 2.18. The zero-order valence-corrected chi connectivity index (χ0v) is 9.79. The van der Waals surface area contributed by atoms with E-state index in [9.17, 15) is 9.59 Å². The summed E-state index contributed by atoms with van der Waals surface area (Å²) in [5, 5.41) is 9.14. The van der Waals surface area contributed by atoms with Crippen molar-refractivity contribution in [2.45, 2.75) is 6.10 Å². The Morgan fingerprint density at radius 2 is 2.22 bits per heavy atom. The molecule has 2 amide bonds. The molecule has 1 fully saturated rings. The molecule has 0 bridgehead atoms. The van der Waals surface area contributed by atoms with E-state index < -0.39 is 12.0 Å². The predicted molar refractivity (Wildman–Crippen MR) is 61.2 cm³/mol. The van der Waals surface area contributed by atoms with Gasteiger partial charge in [-0.05, 0) is 6.07 Å². The van der Waals surface area contributed by atoms with Gasteiger partial charge in [0.15, 0.2) is 0 Å². The average Bonchev–Trinajstić information content (AvgIpc) is 2.33. The van der Waals surface area contributed by atoms with Gasteiger partial charge in [0.05, 0.1) is 18.8 Å². The number of aliphatic hydroxyl groups excluding tert-OH is 1. The van der Waals surface area contributed by atoms with Crippen molar-refractivity contribution in [3.63, 3.8) is 0 Å². The van der Waals surface area contributed by atoms with Crippen LogP contribution in [0.5, 0.6) is 5.88 Å². The van der Waals surface area contributed by atoms with Crippen LogP contribution in [0.15, 0.2) is 12.3 Å². The zero-order chi connectivity index (χ0) is 13.3. The van der Waals surface area contributed by atoms with Gasteiger partial charge in [0.25, 0.3) is 11.8 Å². The van der Waals surface area contributed by atoms with Crippen molar-refractivity contribution in [3.8, 4) is 5.88 Å². The SMILES string of the molecule is COc1ncc(C(=O)N2CC(O)C2)cc1C(N)=O. The Kier molecular flexibility index (Phi) is 3.15. The van der Waals surface area contributed by atoms with Gasteiger partial charge in [-0.3, -0.25) is 9.59 Å². The van der Waals surface area contributed by atoms with Crippen LogP contribution in [-0.2, 0) is 0 Å². The van der Waals surface area contributed by atoms with E-state index in [1.165, 1.54) is 24.3 Å². The summed E-state index contributed by atoms with van der Waals surface area (Å²) in [7, 11) is 1.36. The highest BCUT2D eigenvalue weighted by atomic mass is 16.5. The molecule has 1 aromatic heterocycles. The third-order valence-corrected chi connectivity index (χ3v) is 2.71. The number of amides is 2. The summed E-state index contributed by atoms with van der Waals surface area (Å²) >= 11 is 0. The predicted octanol–water partition coefficient (Wildman–Crippen LogP) is -0.994. The standard InChI is InChI=1S/C11H13N3O4/c1-18-10-8(9(12)16)2-6(3-13-10)11(17)14-4-7(15)5-14/h2-3,7,15H,4-5H2,1H3,(H2,12,16). The summed E-state index contributed by atoms with van der Waals surface area (Å²) in [6.07, 6.45) is 0.842. The first-order valence-electron chi connectivity index (χ1n) is 5.34. The molecule has 7 heteroatoms. The number of rotatable bonds is 3. The number of hydrogen-bond donors (Lipinski definition) is 2. The Hall–Kier alpha value is -2.15. The minimum absolute atomic E-state index is 0.0596. The number of aliphatic hydroxyl groups is 1. The molecule has 0 unspecified atom stereocenters. The number of pyridine rings is 1. The molecule has 1 saturated heterocycles. The lowest BCUT2D eigenvalue weighted by Gasteiger charge is -2.35. The number of carbonyl (C=O) groups excluding carboxylic acids is 2. The molecule has 0 spiro atoms. The molecule has 18 heavy (non-hydrogen) atoms. The number of primary amides is 1. The molecule has 0 aromatic carbocycles. The number of ether oxygens (including phenoxy) is 1. The maximum Gasteiger partial charge on any atom is 0.255 e. The second-order valence-electron chi connectivity index (χ2n) is 4.01. The van der Waals surface area contributed by atoms with E-state index in [-0.39, 0.29) is 36.0 Å². The third-order valence-electron chi connectivity index (χ3n) is 2.71. The second kappa shape index (κ2) is 4.61. The Morgan fingerprint density at radius 1 is 1.56 bits per heavy atom. The summed E-state index contributed by atoms with van der Waals surface area (Å²) in [5.74, 6) is -0.918. The maximum atomic E-state index is 11.9. The van der Waals surface area contributed by atoms with Crippen LogP contribution < -0.4 is 10.5 Å². The monoisotopic (exact) mass is 251 g/mol. The molecule has 1 aromatic rings. The molecule has 0 atom stereocenters. The molecule has 0 radical (unpaired) electrons. The first-order valence-corrected chi connectivity index (χ1v) is 5.34. The van der Waals surface area contributed by atoms with Gasteiger partial charge in [-0.2, -0.15) is 0 Å². The number of carbonyl (C=O) groups is 2. The summed E-state index contributed by atoms with van der Waals surface area (Å²) < 4.78 is 4.88. The third kappa shape index (κ3) is 2.12. The average molecular weight is 251 g/mol. The minimum Gasteiger partial charge on any atom is -0.480 e. The topological polar surface area (TPSA) is 106 Å². The van der Waals surface area contributed by atoms with E-state index in [2.05, 4.69) is 4.98 Å². The lowest BCUT2D eigenvalue weighted by molar-refractivity contribution is 0.00585. The van der Waals surface area contributed by atoms with Crippen LogP contribution in [0.4, 0.5) is 0 Å². The van der Waals surface area contributed by atoms with Gasteiger partial charge >= 0.3 is 0 Å². The molecule has 1 aliphatic heterocycles. The van der Waals surface area contributed by atoms with Crippen molar-refractivity contribution in [3.05, 3.63) is 23.4 Å². The summed E-state index contributed by atoms with van der Waals surface area (Å²) in [6, 6.07) is 1.35. The van der Waals surface area contributed by atoms with Gasteiger partial charge in [-0.15, -0.1) is 0 Å². The quantitative estimate of drug-likeness (QED) is 0.717. The van der Waals surface area contributed by atoms with Crippen molar-refractivity contribution in [2.24, 2.45) is 5.73 Å².